The summed E-state index contributed by atoms with van der Waals surface area (Å²) < 4.78 is 23.6. The van der Waals surface area contributed by atoms with Crippen LogP contribution in [0.3, 0.4) is 0 Å². The summed E-state index contributed by atoms with van der Waals surface area (Å²) in [5, 5.41) is 10.5. The summed E-state index contributed by atoms with van der Waals surface area (Å²) in [6.07, 6.45) is 3.16. The fraction of sp³-hybridized carbons (Fsp3) is 0.235. The second-order valence-corrected chi connectivity index (χ2v) is 8.41. The summed E-state index contributed by atoms with van der Waals surface area (Å²) in [5.41, 5.74) is 2.76. The Morgan fingerprint density at radius 2 is 2.00 bits per heavy atom. The van der Waals surface area contributed by atoms with Crippen molar-refractivity contribution < 1.29 is 8.42 Å². The van der Waals surface area contributed by atoms with Crippen LogP contribution in [0.15, 0.2) is 35.4 Å². The normalized spacial score (nSPS) is 11.5. The number of sulfone groups is 1. The van der Waals surface area contributed by atoms with Gasteiger partial charge in [-0.1, -0.05) is 17.7 Å². The fourth-order valence-corrected chi connectivity index (χ4v) is 3.73. The highest BCUT2D eigenvalue weighted by atomic mass is 35.5. The second-order valence-electron chi connectivity index (χ2n) is 6.02. The number of benzene rings is 1. The Balaban J connectivity index is 1.84. The number of nitrogens with zero attached hydrogens (tertiary/aromatic N) is 3. The van der Waals surface area contributed by atoms with Gasteiger partial charge < -0.3 is 5.32 Å². The molecule has 0 aliphatic heterocycles. The zero-order valence-corrected chi connectivity index (χ0v) is 16.1. The first kappa shape index (κ1) is 18.3. The number of nitrogens with one attached hydrogen (secondary N) is 2. The van der Waals surface area contributed by atoms with Gasteiger partial charge in [0.25, 0.3) is 0 Å². The Morgan fingerprint density at radius 1 is 1.23 bits per heavy atom. The van der Waals surface area contributed by atoms with Crippen LogP contribution in [-0.4, -0.2) is 34.8 Å². The van der Waals surface area contributed by atoms with E-state index >= 15 is 0 Å². The molecule has 0 radical (unpaired) electrons. The molecule has 2 aromatic heterocycles. The maximum absolute atomic E-state index is 11.8. The monoisotopic (exact) mass is 391 g/mol. The lowest BCUT2D eigenvalue weighted by Crippen LogP contribution is -2.03. The molecule has 0 saturated carbocycles. The molecule has 0 atom stereocenters. The van der Waals surface area contributed by atoms with Gasteiger partial charge in [-0.3, -0.25) is 5.10 Å². The number of aromatic nitrogens is 4. The largest absolute Gasteiger partial charge is 0.323 e. The number of aryl methyl sites for hydroxylation is 1. The first-order valence-electron chi connectivity index (χ1n) is 7.83. The Kier molecular flexibility index (Phi) is 4.97. The zero-order chi connectivity index (χ0) is 18.9. The maximum Gasteiger partial charge on any atom is 0.177 e. The quantitative estimate of drug-likeness (QED) is 0.692. The SMILES string of the molecule is Cc1[nH]nc(Nc2ccnc(Cc3ccc(Cl)c(S(C)(=O)=O)c3)n2)c1C. The summed E-state index contributed by atoms with van der Waals surface area (Å²) in [4.78, 5) is 8.83. The van der Waals surface area contributed by atoms with Crippen LogP contribution in [0.25, 0.3) is 0 Å². The highest BCUT2D eigenvalue weighted by Gasteiger charge is 2.14. The first-order valence-corrected chi connectivity index (χ1v) is 10.1. The molecule has 0 amide bonds. The maximum atomic E-state index is 11.8. The lowest BCUT2D eigenvalue weighted by atomic mass is 10.1. The van der Waals surface area contributed by atoms with Crippen molar-refractivity contribution in [2.75, 3.05) is 11.6 Å². The van der Waals surface area contributed by atoms with E-state index in [4.69, 9.17) is 11.6 Å². The van der Waals surface area contributed by atoms with Crippen LogP contribution in [-0.2, 0) is 16.3 Å². The smallest absolute Gasteiger partial charge is 0.177 e. The molecule has 0 bridgehead atoms. The number of hydrogen-bond donors (Lipinski definition) is 2. The highest BCUT2D eigenvalue weighted by molar-refractivity contribution is 7.90. The predicted molar refractivity (Wildman–Crippen MR) is 101 cm³/mol. The molecule has 2 N–H and O–H groups in total. The molecule has 9 heteroatoms. The molecule has 0 fully saturated rings. The number of aromatic amines is 1. The lowest BCUT2D eigenvalue weighted by molar-refractivity contribution is 0.602. The van der Waals surface area contributed by atoms with Crippen molar-refractivity contribution in [1.29, 1.82) is 0 Å². The van der Waals surface area contributed by atoms with Crippen LogP contribution in [0.1, 0.15) is 22.6 Å². The van der Waals surface area contributed by atoms with Gasteiger partial charge in [0.15, 0.2) is 15.7 Å². The van der Waals surface area contributed by atoms with E-state index in [1.165, 1.54) is 0 Å². The molecule has 0 unspecified atom stereocenters. The van der Waals surface area contributed by atoms with E-state index in [2.05, 4.69) is 25.5 Å². The van der Waals surface area contributed by atoms with E-state index in [-0.39, 0.29) is 9.92 Å². The predicted octanol–water partition coefficient (Wildman–Crippen LogP) is 3.21. The lowest BCUT2D eigenvalue weighted by Gasteiger charge is -2.08. The molecule has 7 nitrogen and oxygen atoms in total. The van der Waals surface area contributed by atoms with E-state index in [9.17, 15) is 8.42 Å². The first-order chi connectivity index (χ1) is 12.2. The average Bonchev–Trinajstić information content (AvgIpc) is 2.88. The summed E-state index contributed by atoms with van der Waals surface area (Å²) >= 11 is 5.99. The van der Waals surface area contributed by atoms with E-state index < -0.39 is 9.84 Å². The van der Waals surface area contributed by atoms with Crippen molar-refractivity contribution in [1.82, 2.24) is 20.2 Å². The van der Waals surface area contributed by atoms with Crippen molar-refractivity contribution in [3.63, 3.8) is 0 Å². The van der Waals surface area contributed by atoms with Crippen molar-refractivity contribution in [3.8, 4) is 0 Å². The third-order valence-electron chi connectivity index (χ3n) is 3.96. The van der Waals surface area contributed by atoms with Crippen LogP contribution in [0.5, 0.6) is 0 Å². The van der Waals surface area contributed by atoms with Crippen LogP contribution < -0.4 is 5.32 Å². The van der Waals surface area contributed by atoms with Crippen LogP contribution >= 0.6 is 11.6 Å². The molecule has 0 spiro atoms. The van der Waals surface area contributed by atoms with Crippen molar-refractivity contribution in [3.05, 3.63) is 58.1 Å². The summed E-state index contributed by atoms with van der Waals surface area (Å²) in [5.74, 6) is 1.88. The summed E-state index contributed by atoms with van der Waals surface area (Å²) in [6, 6.07) is 6.64. The molecular formula is C17H18ClN5O2S. The number of hydrogen-bond acceptors (Lipinski definition) is 6. The molecule has 136 valence electrons. The minimum absolute atomic E-state index is 0.105. The molecule has 3 rings (SSSR count). The van der Waals surface area contributed by atoms with E-state index in [0.717, 1.165) is 23.1 Å². The molecule has 0 saturated heterocycles. The Morgan fingerprint density at radius 3 is 2.65 bits per heavy atom. The van der Waals surface area contributed by atoms with E-state index in [1.54, 1.807) is 30.5 Å². The minimum atomic E-state index is -3.40. The van der Waals surface area contributed by atoms with Crippen molar-refractivity contribution in [2.24, 2.45) is 0 Å². The van der Waals surface area contributed by atoms with Gasteiger partial charge in [0.2, 0.25) is 0 Å². The molecular weight excluding hydrogens is 374 g/mol. The molecule has 1 aromatic carbocycles. The number of anilines is 2. The molecule has 0 aliphatic carbocycles. The third-order valence-corrected chi connectivity index (χ3v) is 5.54. The topological polar surface area (TPSA) is 101 Å². The van der Waals surface area contributed by atoms with E-state index in [1.807, 2.05) is 13.8 Å². The number of halogens is 1. The standard InChI is InChI=1S/C17H18ClN5O2S/c1-10-11(2)22-23-17(10)21-15-6-7-19-16(20-15)9-12-4-5-13(18)14(8-12)26(3,24)25/h4-8H,9H2,1-3H3,(H2,19,20,21,22,23). The van der Waals surface area contributed by atoms with Crippen molar-refractivity contribution >= 4 is 33.1 Å². The number of H-pyrrole nitrogens is 1. The molecule has 0 aliphatic rings. The minimum Gasteiger partial charge on any atom is -0.323 e. The Bertz CT molecular complexity index is 1060. The average molecular weight is 392 g/mol. The Hall–Kier alpha value is -2.45. The third kappa shape index (κ3) is 4.03. The summed E-state index contributed by atoms with van der Waals surface area (Å²) in [7, 11) is -3.40. The van der Waals surface area contributed by atoms with Gasteiger partial charge >= 0.3 is 0 Å². The van der Waals surface area contributed by atoms with Gasteiger partial charge in [0, 0.05) is 30.1 Å². The molecule has 26 heavy (non-hydrogen) atoms. The van der Waals surface area contributed by atoms with Crippen LogP contribution in [0.4, 0.5) is 11.6 Å². The highest BCUT2D eigenvalue weighted by Crippen LogP contribution is 2.24. The van der Waals surface area contributed by atoms with Crippen LogP contribution in [0, 0.1) is 13.8 Å². The van der Waals surface area contributed by atoms with Gasteiger partial charge in [-0.15, -0.1) is 0 Å². The van der Waals surface area contributed by atoms with Gasteiger partial charge in [-0.25, -0.2) is 18.4 Å². The van der Waals surface area contributed by atoms with E-state index in [0.29, 0.717) is 23.9 Å². The Labute approximate surface area is 156 Å². The van der Waals surface area contributed by atoms with Crippen LogP contribution in [0.2, 0.25) is 5.02 Å². The fourth-order valence-electron chi connectivity index (χ4n) is 2.41. The number of rotatable bonds is 5. The molecule has 3 aromatic rings. The van der Waals surface area contributed by atoms with Gasteiger partial charge in [0.1, 0.15) is 11.6 Å². The summed E-state index contributed by atoms with van der Waals surface area (Å²) in [6.45, 7) is 3.91. The van der Waals surface area contributed by atoms with Gasteiger partial charge in [0.05, 0.1) is 9.92 Å². The van der Waals surface area contributed by atoms with Gasteiger partial charge in [-0.2, -0.15) is 5.10 Å². The van der Waals surface area contributed by atoms with Crippen molar-refractivity contribution in [2.45, 2.75) is 25.2 Å². The zero-order valence-electron chi connectivity index (χ0n) is 14.5. The molecule has 2 heterocycles. The van der Waals surface area contributed by atoms with Gasteiger partial charge in [-0.05, 0) is 37.6 Å². The second kappa shape index (κ2) is 7.05.